The van der Waals surface area contributed by atoms with Crippen LogP contribution in [0.15, 0.2) is 18.2 Å². The Kier molecular flexibility index (Phi) is 2.98. The van der Waals surface area contributed by atoms with Gasteiger partial charge in [0.15, 0.2) is 5.13 Å². The number of benzene rings is 1. The number of ether oxygens (including phenoxy) is 1. The monoisotopic (exact) mass is 281 g/mol. The molecular weight excluding hydrogens is 269 g/mol. The molecule has 1 aromatic heterocycles. The van der Waals surface area contributed by atoms with E-state index in [1.807, 2.05) is 4.90 Å². The second-order valence-electron chi connectivity index (χ2n) is 4.40. The first-order valence-corrected chi connectivity index (χ1v) is 6.70. The maximum absolute atomic E-state index is 13.1. The molecule has 2 heterocycles. The molecule has 0 unspecified atom stereocenters. The Morgan fingerprint density at radius 2 is 2.42 bits per heavy atom. The number of carbonyl (C=O) groups is 1. The Balaban J connectivity index is 1.79. The Morgan fingerprint density at radius 3 is 3.21 bits per heavy atom. The van der Waals surface area contributed by atoms with E-state index < -0.39 is 6.09 Å². The van der Waals surface area contributed by atoms with Crippen LogP contribution >= 0.6 is 11.3 Å². The smallest absolute Gasteiger partial charge is 0.404 e. The minimum Gasteiger partial charge on any atom is -0.444 e. The molecule has 0 bridgehead atoms. The zero-order valence-corrected chi connectivity index (χ0v) is 10.8. The van der Waals surface area contributed by atoms with Crippen LogP contribution in [0.4, 0.5) is 14.3 Å². The third kappa shape index (κ3) is 2.46. The van der Waals surface area contributed by atoms with Crippen molar-refractivity contribution in [3.05, 3.63) is 24.0 Å². The first-order valence-electron chi connectivity index (χ1n) is 5.89. The Hall–Kier alpha value is -1.89. The fourth-order valence-corrected chi connectivity index (χ4v) is 3.21. The van der Waals surface area contributed by atoms with Gasteiger partial charge in [0.25, 0.3) is 0 Å². The highest BCUT2D eigenvalue weighted by molar-refractivity contribution is 7.22. The number of fused-ring (bicyclic) bond motifs is 1. The van der Waals surface area contributed by atoms with Crippen molar-refractivity contribution in [2.75, 3.05) is 18.0 Å². The van der Waals surface area contributed by atoms with Gasteiger partial charge < -0.3 is 15.4 Å². The van der Waals surface area contributed by atoms with Gasteiger partial charge in [0, 0.05) is 13.0 Å². The van der Waals surface area contributed by atoms with Crippen LogP contribution in [0.3, 0.4) is 0 Å². The molecule has 0 saturated carbocycles. The fraction of sp³-hybridized carbons (Fsp3) is 0.333. The van der Waals surface area contributed by atoms with Gasteiger partial charge in [0.1, 0.15) is 11.9 Å². The number of hydrogen-bond donors (Lipinski definition) is 1. The van der Waals surface area contributed by atoms with E-state index in [9.17, 15) is 9.18 Å². The van der Waals surface area contributed by atoms with Crippen molar-refractivity contribution in [1.29, 1.82) is 0 Å². The number of hydrogen-bond acceptors (Lipinski definition) is 5. The summed E-state index contributed by atoms with van der Waals surface area (Å²) in [4.78, 5) is 17.2. The predicted octanol–water partition coefficient (Wildman–Crippen LogP) is 2.11. The largest absolute Gasteiger partial charge is 0.444 e. The van der Waals surface area contributed by atoms with Crippen LogP contribution in [0.25, 0.3) is 10.2 Å². The molecule has 1 aliphatic heterocycles. The molecule has 0 spiro atoms. The summed E-state index contributed by atoms with van der Waals surface area (Å²) in [5, 5.41) is 0.816. The van der Waals surface area contributed by atoms with Crippen LogP contribution in [0.2, 0.25) is 0 Å². The molecule has 19 heavy (non-hydrogen) atoms. The summed E-state index contributed by atoms with van der Waals surface area (Å²) in [6.07, 6.45) is -0.216. The molecule has 3 rings (SSSR count). The average molecular weight is 281 g/mol. The highest BCUT2D eigenvalue weighted by atomic mass is 32.1. The van der Waals surface area contributed by atoms with Crippen molar-refractivity contribution in [2.24, 2.45) is 5.73 Å². The van der Waals surface area contributed by atoms with Crippen molar-refractivity contribution in [2.45, 2.75) is 12.5 Å². The van der Waals surface area contributed by atoms with Gasteiger partial charge in [-0.15, -0.1) is 0 Å². The number of aromatic nitrogens is 1. The number of primary amides is 1. The van der Waals surface area contributed by atoms with E-state index >= 15 is 0 Å². The Labute approximate surface area is 112 Å². The van der Waals surface area contributed by atoms with Crippen LogP contribution in [0.5, 0.6) is 0 Å². The zero-order valence-electron chi connectivity index (χ0n) is 10.0. The maximum Gasteiger partial charge on any atom is 0.404 e. The van der Waals surface area contributed by atoms with Crippen LogP contribution in [0, 0.1) is 5.82 Å². The standard InChI is InChI=1S/C12H12FN3O2S/c13-7-1-2-9-10(5-7)19-12(15-9)16-4-3-8(6-16)18-11(14)17/h1-2,5,8H,3-4,6H2,(H2,14,17)/t8-/m1/s1. The lowest BCUT2D eigenvalue weighted by Crippen LogP contribution is -2.26. The van der Waals surface area contributed by atoms with Gasteiger partial charge in [-0.25, -0.2) is 14.2 Å². The molecular formula is C12H12FN3O2S. The number of thiazole rings is 1. The SMILES string of the molecule is NC(=O)O[C@@H]1CCN(c2nc3ccc(F)cc3s2)C1. The number of halogens is 1. The van der Waals surface area contributed by atoms with Crippen molar-refractivity contribution in [3.8, 4) is 0 Å². The molecule has 1 fully saturated rings. The van der Waals surface area contributed by atoms with Gasteiger partial charge >= 0.3 is 6.09 Å². The van der Waals surface area contributed by atoms with Crippen molar-refractivity contribution in [3.63, 3.8) is 0 Å². The molecule has 1 aliphatic rings. The Morgan fingerprint density at radius 1 is 1.58 bits per heavy atom. The van der Waals surface area contributed by atoms with Crippen molar-refractivity contribution >= 4 is 32.8 Å². The Bertz CT molecular complexity index is 630. The molecule has 1 atom stereocenters. The van der Waals surface area contributed by atoms with E-state index in [1.165, 1.54) is 23.5 Å². The number of rotatable bonds is 2. The second kappa shape index (κ2) is 4.65. The predicted molar refractivity (Wildman–Crippen MR) is 70.9 cm³/mol. The number of nitrogens with zero attached hydrogens (tertiary/aromatic N) is 2. The zero-order chi connectivity index (χ0) is 13.4. The maximum atomic E-state index is 13.1. The van der Waals surface area contributed by atoms with Crippen LogP contribution in [-0.2, 0) is 4.74 Å². The van der Waals surface area contributed by atoms with E-state index in [1.54, 1.807) is 6.07 Å². The molecule has 1 aromatic carbocycles. The molecule has 1 saturated heterocycles. The first-order chi connectivity index (χ1) is 9.11. The van der Waals surface area contributed by atoms with Crippen LogP contribution in [0.1, 0.15) is 6.42 Å². The minimum absolute atomic E-state index is 0.193. The van der Waals surface area contributed by atoms with Crippen LogP contribution < -0.4 is 10.6 Å². The molecule has 100 valence electrons. The molecule has 7 heteroatoms. The van der Waals surface area contributed by atoms with Crippen molar-refractivity contribution in [1.82, 2.24) is 4.98 Å². The summed E-state index contributed by atoms with van der Waals surface area (Å²) < 4.78 is 18.9. The van der Waals surface area contributed by atoms with E-state index in [4.69, 9.17) is 10.5 Å². The molecule has 2 N–H and O–H groups in total. The van der Waals surface area contributed by atoms with E-state index in [0.717, 1.165) is 28.3 Å². The number of nitrogens with two attached hydrogens (primary N) is 1. The summed E-state index contributed by atoms with van der Waals surface area (Å²) in [6, 6.07) is 4.54. The van der Waals surface area contributed by atoms with Crippen molar-refractivity contribution < 1.29 is 13.9 Å². The topological polar surface area (TPSA) is 68.5 Å². The molecule has 5 nitrogen and oxygen atoms in total. The van der Waals surface area contributed by atoms with E-state index in [-0.39, 0.29) is 11.9 Å². The second-order valence-corrected chi connectivity index (χ2v) is 5.41. The normalized spacial score (nSPS) is 19.0. The molecule has 0 radical (unpaired) electrons. The summed E-state index contributed by atoms with van der Waals surface area (Å²) in [5.41, 5.74) is 5.78. The molecule has 0 aliphatic carbocycles. The minimum atomic E-state index is -0.752. The summed E-state index contributed by atoms with van der Waals surface area (Å²) in [6.45, 7) is 1.32. The van der Waals surface area contributed by atoms with E-state index in [2.05, 4.69) is 4.98 Å². The van der Waals surface area contributed by atoms with Gasteiger partial charge in [-0.05, 0) is 18.2 Å². The van der Waals surface area contributed by atoms with Crippen LogP contribution in [-0.4, -0.2) is 30.3 Å². The average Bonchev–Trinajstić information content (AvgIpc) is 2.93. The fourth-order valence-electron chi connectivity index (χ4n) is 2.18. The summed E-state index contributed by atoms with van der Waals surface area (Å²) in [7, 11) is 0. The number of amides is 1. The lowest BCUT2D eigenvalue weighted by Gasteiger charge is -2.14. The van der Waals surface area contributed by atoms with Gasteiger partial charge in [0.05, 0.1) is 16.8 Å². The van der Waals surface area contributed by atoms with Gasteiger partial charge in [-0.1, -0.05) is 11.3 Å². The highest BCUT2D eigenvalue weighted by Gasteiger charge is 2.27. The van der Waals surface area contributed by atoms with Gasteiger partial charge in [-0.2, -0.15) is 0 Å². The van der Waals surface area contributed by atoms with E-state index in [0.29, 0.717) is 6.54 Å². The molecule has 1 amide bonds. The highest BCUT2D eigenvalue weighted by Crippen LogP contribution is 2.31. The summed E-state index contributed by atoms with van der Waals surface area (Å²) >= 11 is 1.43. The third-order valence-corrected chi connectivity index (χ3v) is 4.12. The molecule has 2 aromatic rings. The first kappa shape index (κ1) is 12.2. The third-order valence-electron chi connectivity index (χ3n) is 3.04. The summed E-state index contributed by atoms with van der Waals surface area (Å²) in [5.74, 6) is -0.265. The van der Waals surface area contributed by atoms with Gasteiger partial charge in [-0.3, -0.25) is 0 Å². The number of anilines is 1. The lowest BCUT2D eigenvalue weighted by molar-refractivity contribution is 0.117. The lowest BCUT2D eigenvalue weighted by atomic mass is 10.3. The van der Waals surface area contributed by atoms with Gasteiger partial charge in [0.2, 0.25) is 0 Å². The number of carbonyl (C=O) groups excluding carboxylic acids is 1. The quantitative estimate of drug-likeness (QED) is 0.915.